The number of pyridine rings is 1. The molecule has 0 bridgehead atoms. The number of methoxy groups -OCH3 is 1. The summed E-state index contributed by atoms with van der Waals surface area (Å²) in [7, 11) is 1.53. The molecule has 2 aliphatic rings. The molecule has 1 atom stereocenters. The lowest BCUT2D eigenvalue weighted by atomic mass is 9.94. The fraction of sp³-hybridized carbons (Fsp3) is 0.360. The minimum Gasteiger partial charge on any atom is -0.495 e. The van der Waals surface area contributed by atoms with Gasteiger partial charge in [-0.2, -0.15) is 10.4 Å². The average molecular weight is 460 g/mol. The molecule has 1 fully saturated rings. The van der Waals surface area contributed by atoms with Gasteiger partial charge in [0.2, 0.25) is 0 Å². The van der Waals surface area contributed by atoms with Crippen LogP contribution in [0.25, 0.3) is 5.82 Å². The van der Waals surface area contributed by atoms with Gasteiger partial charge in [0.15, 0.2) is 5.82 Å². The molecule has 9 heteroatoms. The summed E-state index contributed by atoms with van der Waals surface area (Å²) in [6, 6.07) is 7.63. The molecule has 0 spiro atoms. The van der Waals surface area contributed by atoms with Gasteiger partial charge in [-0.25, -0.2) is 14.5 Å². The maximum absolute atomic E-state index is 11.8. The number of cyclic esters (lactones) is 1. The van der Waals surface area contributed by atoms with E-state index in [1.165, 1.54) is 13.3 Å². The van der Waals surface area contributed by atoms with Crippen molar-refractivity contribution in [3.05, 3.63) is 70.2 Å². The third-order valence-corrected chi connectivity index (χ3v) is 6.48. The Balaban J connectivity index is 1.24. The van der Waals surface area contributed by atoms with Crippen LogP contribution in [-0.2, 0) is 22.5 Å². The Morgan fingerprint density at radius 3 is 3.03 bits per heavy atom. The predicted molar refractivity (Wildman–Crippen MR) is 122 cm³/mol. The van der Waals surface area contributed by atoms with Gasteiger partial charge in [0.1, 0.15) is 24.0 Å². The van der Waals surface area contributed by atoms with Gasteiger partial charge in [-0.3, -0.25) is 4.90 Å². The summed E-state index contributed by atoms with van der Waals surface area (Å²) >= 11 is 0. The van der Waals surface area contributed by atoms with Gasteiger partial charge < -0.3 is 14.2 Å². The van der Waals surface area contributed by atoms with Crippen molar-refractivity contribution >= 4 is 5.97 Å². The first-order valence-electron chi connectivity index (χ1n) is 11.2. The van der Waals surface area contributed by atoms with Crippen LogP contribution in [0.2, 0.25) is 0 Å². The molecule has 1 aromatic carbocycles. The highest BCUT2D eigenvalue weighted by Crippen LogP contribution is 2.32. The van der Waals surface area contributed by atoms with Gasteiger partial charge in [-0.15, -0.1) is 0 Å². The molecule has 3 aromatic rings. The number of nitrogens with zero attached hydrogens (tertiary/aromatic N) is 5. The number of hydrogen-bond donors (Lipinski definition) is 0. The predicted octanol–water partition coefficient (Wildman–Crippen LogP) is 2.74. The summed E-state index contributed by atoms with van der Waals surface area (Å²) in [6.45, 7) is 5.57. The summed E-state index contributed by atoms with van der Waals surface area (Å²) in [5.74, 6) is 0.829. The Bertz CT molecular complexity index is 1280. The second-order valence-electron chi connectivity index (χ2n) is 8.44. The summed E-state index contributed by atoms with van der Waals surface area (Å²) in [4.78, 5) is 18.5. The number of ether oxygens (including phenoxy) is 3. The molecule has 0 aliphatic carbocycles. The van der Waals surface area contributed by atoms with Crippen molar-refractivity contribution in [2.24, 2.45) is 0 Å². The molecule has 34 heavy (non-hydrogen) atoms. The Hall–Kier alpha value is -3.74. The first-order valence-corrected chi connectivity index (χ1v) is 11.2. The number of fused-ring (bicyclic) bond motifs is 1. The number of aromatic nitrogens is 3. The highest BCUT2D eigenvalue weighted by Gasteiger charge is 2.28. The molecular weight excluding hydrogens is 434 g/mol. The third-order valence-electron chi connectivity index (χ3n) is 6.48. The molecule has 2 aliphatic heterocycles. The molecule has 0 radical (unpaired) electrons. The summed E-state index contributed by atoms with van der Waals surface area (Å²) in [6.07, 6.45) is 6.09. The van der Waals surface area contributed by atoms with Crippen molar-refractivity contribution in [1.82, 2.24) is 19.7 Å². The topological polar surface area (TPSA) is 102 Å². The van der Waals surface area contributed by atoms with Crippen molar-refractivity contribution in [3.8, 4) is 17.6 Å². The minimum atomic E-state index is -0.244. The van der Waals surface area contributed by atoms with E-state index in [4.69, 9.17) is 19.5 Å². The Morgan fingerprint density at radius 2 is 2.21 bits per heavy atom. The summed E-state index contributed by atoms with van der Waals surface area (Å²) < 4.78 is 18.2. The smallest absolute Gasteiger partial charge is 0.338 e. The quantitative estimate of drug-likeness (QED) is 0.519. The number of nitriles is 1. The molecule has 0 saturated carbocycles. The fourth-order valence-corrected chi connectivity index (χ4v) is 4.52. The molecule has 0 amide bonds. The fourth-order valence-electron chi connectivity index (χ4n) is 4.52. The lowest BCUT2D eigenvalue weighted by molar-refractivity contribution is -0.0298. The zero-order chi connectivity index (χ0) is 23.7. The highest BCUT2D eigenvalue weighted by atomic mass is 16.5. The van der Waals surface area contributed by atoms with Gasteiger partial charge in [0.05, 0.1) is 37.8 Å². The largest absolute Gasteiger partial charge is 0.495 e. The van der Waals surface area contributed by atoms with Crippen LogP contribution in [0.15, 0.2) is 36.8 Å². The van der Waals surface area contributed by atoms with E-state index < -0.39 is 0 Å². The molecule has 0 N–H and O–H groups in total. The maximum atomic E-state index is 11.8. The van der Waals surface area contributed by atoms with E-state index in [9.17, 15) is 4.79 Å². The lowest BCUT2D eigenvalue weighted by Crippen LogP contribution is -2.39. The Morgan fingerprint density at radius 1 is 1.32 bits per heavy atom. The van der Waals surface area contributed by atoms with Gasteiger partial charge >= 0.3 is 5.97 Å². The number of hydrogen-bond acceptors (Lipinski definition) is 8. The molecule has 4 heterocycles. The van der Waals surface area contributed by atoms with Crippen molar-refractivity contribution in [2.45, 2.75) is 26.1 Å². The van der Waals surface area contributed by atoms with Gasteiger partial charge in [-0.1, -0.05) is 6.07 Å². The number of carbonyl (C=O) groups is 1. The molecule has 174 valence electrons. The monoisotopic (exact) mass is 459 g/mol. The van der Waals surface area contributed by atoms with Gasteiger partial charge in [0.25, 0.3) is 0 Å². The van der Waals surface area contributed by atoms with Crippen LogP contribution in [0, 0.1) is 18.3 Å². The molecule has 0 unspecified atom stereocenters. The minimum absolute atomic E-state index is 0.0345. The zero-order valence-electron chi connectivity index (χ0n) is 19.2. The number of rotatable bonds is 6. The van der Waals surface area contributed by atoms with E-state index in [1.54, 1.807) is 10.7 Å². The summed E-state index contributed by atoms with van der Waals surface area (Å²) in [5, 5.41) is 13.6. The third kappa shape index (κ3) is 4.14. The molecule has 9 nitrogen and oxygen atoms in total. The number of benzene rings is 1. The molecule has 1 saturated heterocycles. The van der Waals surface area contributed by atoms with Crippen LogP contribution in [0.5, 0.6) is 5.75 Å². The second kappa shape index (κ2) is 9.25. The van der Waals surface area contributed by atoms with Crippen LogP contribution in [0.1, 0.15) is 44.3 Å². The van der Waals surface area contributed by atoms with E-state index in [2.05, 4.69) is 21.1 Å². The average Bonchev–Trinajstić information content (AvgIpc) is 3.50. The number of esters is 1. The van der Waals surface area contributed by atoms with Crippen LogP contribution in [0.4, 0.5) is 0 Å². The van der Waals surface area contributed by atoms with E-state index in [-0.39, 0.29) is 12.1 Å². The zero-order valence-corrected chi connectivity index (χ0v) is 19.2. The van der Waals surface area contributed by atoms with Crippen LogP contribution < -0.4 is 4.74 Å². The molecule has 2 aromatic heterocycles. The standard InChI is InChI=1S/C25H25N5O4/c1-16-19(3-4-20-21(16)15-34-25(20)31)23-14-29(7-8-33-23)6-5-17-11-28-30(13-17)24-9-22(32-2)18(10-26)12-27-24/h3-4,9,11-13,23H,5-8,14-15H2,1-2H3/t23-/m0/s1. The normalized spacial score (nSPS) is 17.8. The Kier molecular flexibility index (Phi) is 6.01. The van der Waals surface area contributed by atoms with E-state index in [0.717, 1.165) is 48.3 Å². The lowest BCUT2D eigenvalue weighted by Gasteiger charge is -2.34. The Labute approximate surface area is 197 Å². The molecular formula is C25H25N5O4. The van der Waals surface area contributed by atoms with Crippen LogP contribution in [-0.4, -0.2) is 59.0 Å². The van der Waals surface area contributed by atoms with Crippen molar-refractivity contribution in [2.75, 3.05) is 33.4 Å². The van der Waals surface area contributed by atoms with Gasteiger partial charge in [0, 0.05) is 37.5 Å². The number of carbonyl (C=O) groups excluding carboxylic acids is 1. The van der Waals surface area contributed by atoms with Crippen LogP contribution >= 0.6 is 0 Å². The van der Waals surface area contributed by atoms with E-state index >= 15 is 0 Å². The van der Waals surface area contributed by atoms with Crippen LogP contribution in [0.3, 0.4) is 0 Å². The first-order chi connectivity index (χ1) is 16.6. The van der Waals surface area contributed by atoms with E-state index in [0.29, 0.717) is 35.9 Å². The molecule has 5 rings (SSSR count). The SMILES string of the molecule is COc1cc(-n2cc(CCN3CCO[C@H](c4ccc5c(c4C)COC5=O)C3)cn2)ncc1C#N. The first kappa shape index (κ1) is 22.1. The van der Waals surface area contributed by atoms with Gasteiger partial charge in [-0.05, 0) is 36.1 Å². The summed E-state index contributed by atoms with van der Waals surface area (Å²) in [5.41, 5.74) is 5.33. The number of morpholine rings is 1. The second-order valence-corrected chi connectivity index (χ2v) is 8.44. The van der Waals surface area contributed by atoms with Crippen molar-refractivity contribution in [1.29, 1.82) is 5.26 Å². The van der Waals surface area contributed by atoms with Crippen molar-refractivity contribution < 1.29 is 19.0 Å². The van der Waals surface area contributed by atoms with E-state index in [1.807, 2.05) is 31.5 Å². The van der Waals surface area contributed by atoms with Crippen molar-refractivity contribution in [3.63, 3.8) is 0 Å². The highest BCUT2D eigenvalue weighted by molar-refractivity contribution is 5.93. The maximum Gasteiger partial charge on any atom is 0.338 e.